The Morgan fingerprint density at radius 3 is 2.90 bits per heavy atom. The van der Waals surface area contributed by atoms with Crippen molar-refractivity contribution in [3.05, 3.63) is 26.9 Å². The molecule has 0 saturated carbocycles. The molecule has 104 valence electrons. The van der Waals surface area contributed by atoms with Gasteiger partial charge in [-0.25, -0.2) is 4.98 Å². The van der Waals surface area contributed by atoms with Crippen LogP contribution < -0.4 is 10.3 Å². The summed E-state index contributed by atoms with van der Waals surface area (Å²) in [6.07, 6.45) is 0.838. The number of H-pyrrole nitrogens is 1. The van der Waals surface area contributed by atoms with E-state index >= 15 is 0 Å². The molecule has 0 bridgehead atoms. The van der Waals surface area contributed by atoms with Crippen molar-refractivity contribution in [2.75, 3.05) is 7.11 Å². The SMILES string of the molecule is CCc1c(C)sc2nc(-c3cc(OC)ns3)[nH]c(=O)c12. The highest BCUT2D eigenvalue weighted by atomic mass is 32.1. The first kappa shape index (κ1) is 13.3. The fourth-order valence-corrected chi connectivity index (χ4v) is 3.95. The summed E-state index contributed by atoms with van der Waals surface area (Å²) in [6.45, 7) is 4.08. The van der Waals surface area contributed by atoms with E-state index in [0.717, 1.165) is 32.0 Å². The van der Waals surface area contributed by atoms with Crippen molar-refractivity contribution in [1.29, 1.82) is 0 Å². The summed E-state index contributed by atoms with van der Waals surface area (Å²) in [5.74, 6) is 1.08. The molecule has 0 amide bonds. The first-order valence-electron chi connectivity index (χ1n) is 6.17. The normalized spacial score (nSPS) is 11.2. The molecule has 20 heavy (non-hydrogen) atoms. The van der Waals surface area contributed by atoms with Crippen LogP contribution in [0.25, 0.3) is 20.9 Å². The number of aryl methyl sites for hydroxylation is 2. The number of aromatic nitrogens is 3. The summed E-state index contributed by atoms with van der Waals surface area (Å²) in [5, 5.41) is 0.718. The van der Waals surface area contributed by atoms with Crippen molar-refractivity contribution in [1.82, 2.24) is 14.3 Å². The number of aromatic amines is 1. The minimum atomic E-state index is -0.0847. The molecule has 3 aromatic rings. The first-order chi connectivity index (χ1) is 9.63. The number of rotatable bonds is 3. The van der Waals surface area contributed by atoms with Crippen molar-refractivity contribution in [3.8, 4) is 16.6 Å². The molecule has 0 atom stereocenters. The van der Waals surface area contributed by atoms with E-state index < -0.39 is 0 Å². The van der Waals surface area contributed by atoms with Gasteiger partial charge in [-0.1, -0.05) is 6.92 Å². The Balaban J connectivity index is 2.22. The molecule has 0 radical (unpaired) electrons. The minimum absolute atomic E-state index is 0.0847. The Kier molecular flexibility index (Phi) is 3.31. The lowest BCUT2D eigenvalue weighted by Gasteiger charge is -1.98. The Hall–Kier alpha value is -1.73. The number of ether oxygens (including phenoxy) is 1. The molecule has 3 aromatic heterocycles. The number of methoxy groups -OCH3 is 1. The average Bonchev–Trinajstić information content (AvgIpc) is 3.01. The quantitative estimate of drug-likeness (QED) is 0.807. The fourth-order valence-electron chi connectivity index (χ4n) is 2.18. The fraction of sp³-hybridized carbons (Fsp3) is 0.308. The van der Waals surface area contributed by atoms with Gasteiger partial charge >= 0.3 is 0 Å². The van der Waals surface area contributed by atoms with Crippen LogP contribution in [0.5, 0.6) is 5.88 Å². The van der Waals surface area contributed by atoms with Crippen LogP contribution in [-0.2, 0) is 6.42 Å². The van der Waals surface area contributed by atoms with Gasteiger partial charge in [-0.05, 0) is 30.4 Å². The maximum atomic E-state index is 12.3. The molecular weight excluding hydrogens is 294 g/mol. The zero-order valence-electron chi connectivity index (χ0n) is 11.3. The predicted molar refractivity (Wildman–Crippen MR) is 82.0 cm³/mol. The molecule has 0 saturated heterocycles. The van der Waals surface area contributed by atoms with Crippen molar-refractivity contribution in [2.45, 2.75) is 20.3 Å². The lowest BCUT2D eigenvalue weighted by atomic mass is 10.1. The van der Waals surface area contributed by atoms with Gasteiger partial charge in [0.05, 0.1) is 17.4 Å². The second-order valence-corrected chi connectivity index (χ2v) is 6.33. The molecule has 0 unspecified atom stereocenters. The maximum Gasteiger partial charge on any atom is 0.260 e. The van der Waals surface area contributed by atoms with Crippen LogP contribution in [-0.4, -0.2) is 21.5 Å². The second kappa shape index (κ2) is 4.99. The molecular formula is C13H13N3O2S2. The minimum Gasteiger partial charge on any atom is -0.480 e. The standard InChI is InChI=1S/C13H13N3O2S2/c1-4-7-6(2)19-13-10(7)12(17)14-11(15-13)8-5-9(18-3)16-20-8/h5H,4H2,1-3H3,(H,14,15,17). The molecule has 0 aliphatic carbocycles. The van der Waals surface area contributed by atoms with Crippen molar-refractivity contribution >= 4 is 33.1 Å². The molecule has 1 N–H and O–H groups in total. The van der Waals surface area contributed by atoms with Gasteiger partial charge in [0.25, 0.3) is 5.56 Å². The van der Waals surface area contributed by atoms with Gasteiger partial charge in [-0.3, -0.25) is 4.79 Å². The second-order valence-electron chi connectivity index (χ2n) is 4.32. The molecule has 0 fully saturated rings. The summed E-state index contributed by atoms with van der Waals surface area (Å²) in [6, 6.07) is 1.77. The third kappa shape index (κ3) is 2.03. The average molecular weight is 307 g/mol. The van der Waals surface area contributed by atoms with E-state index in [4.69, 9.17) is 4.74 Å². The van der Waals surface area contributed by atoms with Crippen molar-refractivity contribution < 1.29 is 4.74 Å². The van der Waals surface area contributed by atoms with E-state index in [2.05, 4.69) is 21.3 Å². The number of fused-ring (bicyclic) bond motifs is 1. The zero-order chi connectivity index (χ0) is 14.3. The summed E-state index contributed by atoms with van der Waals surface area (Å²) in [7, 11) is 1.56. The highest BCUT2D eigenvalue weighted by Gasteiger charge is 2.15. The molecule has 0 spiro atoms. The third-order valence-corrected chi connectivity index (χ3v) is 4.97. The van der Waals surface area contributed by atoms with Gasteiger partial charge in [0, 0.05) is 10.9 Å². The van der Waals surface area contributed by atoms with Gasteiger partial charge in [0.1, 0.15) is 4.83 Å². The Labute approximate surface area is 123 Å². The number of nitrogens with zero attached hydrogens (tertiary/aromatic N) is 2. The van der Waals surface area contributed by atoms with Gasteiger partial charge in [-0.2, -0.15) is 4.37 Å². The molecule has 7 heteroatoms. The van der Waals surface area contributed by atoms with Gasteiger partial charge < -0.3 is 9.72 Å². The topological polar surface area (TPSA) is 67.9 Å². The first-order valence-corrected chi connectivity index (χ1v) is 7.76. The molecule has 3 rings (SSSR count). The van der Waals surface area contributed by atoms with Crippen LogP contribution in [0.4, 0.5) is 0 Å². The number of thiophene rings is 1. The van der Waals surface area contributed by atoms with Crippen LogP contribution in [0.1, 0.15) is 17.4 Å². The van der Waals surface area contributed by atoms with Crippen LogP contribution in [0.2, 0.25) is 0 Å². The highest BCUT2D eigenvalue weighted by molar-refractivity contribution is 7.18. The Morgan fingerprint density at radius 2 is 2.25 bits per heavy atom. The molecule has 3 heterocycles. The molecule has 5 nitrogen and oxygen atoms in total. The van der Waals surface area contributed by atoms with Gasteiger partial charge in [0.2, 0.25) is 5.88 Å². The van der Waals surface area contributed by atoms with Crippen LogP contribution in [0, 0.1) is 6.92 Å². The number of hydrogen-bond donors (Lipinski definition) is 1. The molecule has 0 aliphatic heterocycles. The lowest BCUT2D eigenvalue weighted by Crippen LogP contribution is -2.09. The van der Waals surface area contributed by atoms with E-state index in [9.17, 15) is 4.79 Å². The van der Waals surface area contributed by atoms with Crippen LogP contribution >= 0.6 is 22.9 Å². The highest BCUT2D eigenvalue weighted by Crippen LogP contribution is 2.30. The number of hydrogen-bond acceptors (Lipinski definition) is 6. The summed E-state index contributed by atoms with van der Waals surface area (Å²) in [5.41, 5.74) is 1.01. The summed E-state index contributed by atoms with van der Waals surface area (Å²) in [4.78, 5) is 22.4. The van der Waals surface area contributed by atoms with Crippen LogP contribution in [0.3, 0.4) is 0 Å². The Bertz CT molecular complexity index is 832. The zero-order valence-corrected chi connectivity index (χ0v) is 12.9. The smallest absolute Gasteiger partial charge is 0.260 e. The largest absolute Gasteiger partial charge is 0.480 e. The van der Waals surface area contributed by atoms with E-state index in [-0.39, 0.29) is 5.56 Å². The Morgan fingerprint density at radius 1 is 1.45 bits per heavy atom. The summed E-state index contributed by atoms with van der Waals surface area (Å²) >= 11 is 2.82. The third-order valence-electron chi connectivity index (χ3n) is 3.15. The lowest BCUT2D eigenvalue weighted by molar-refractivity contribution is 0.403. The predicted octanol–water partition coefficient (Wildman–Crippen LogP) is 2.99. The van der Waals surface area contributed by atoms with E-state index in [0.29, 0.717) is 11.7 Å². The van der Waals surface area contributed by atoms with E-state index in [1.807, 2.05) is 6.92 Å². The monoisotopic (exact) mass is 307 g/mol. The van der Waals surface area contributed by atoms with E-state index in [1.165, 1.54) is 11.5 Å². The summed E-state index contributed by atoms with van der Waals surface area (Å²) < 4.78 is 9.18. The van der Waals surface area contributed by atoms with Gasteiger partial charge in [-0.15, -0.1) is 11.3 Å². The number of nitrogens with one attached hydrogen (secondary N) is 1. The van der Waals surface area contributed by atoms with Crippen molar-refractivity contribution in [2.24, 2.45) is 0 Å². The molecule has 0 aromatic carbocycles. The van der Waals surface area contributed by atoms with E-state index in [1.54, 1.807) is 24.5 Å². The van der Waals surface area contributed by atoms with Crippen LogP contribution in [0.15, 0.2) is 10.9 Å². The maximum absolute atomic E-state index is 12.3. The van der Waals surface area contributed by atoms with Crippen molar-refractivity contribution in [3.63, 3.8) is 0 Å². The van der Waals surface area contributed by atoms with Gasteiger partial charge in [0.15, 0.2) is 5.82 Å². The molecule has 0 aliphatic rings.